The van der Waals surface area contributed by atoms with Crippen molar-refractivity contribution in [3.63, 3.8) is 0 Å². The third-order valence-electron chi connectivity index (χ3n) is 5.80. The Balaban J connectivity index is 1.35. The summed E-state index contributed by atoms with van der Waals surface area (Å²) in [5.74, 6) is 1.76. The quantitative estimate of drug-likeness (QED) is 0.753. The molecule has 8 heteroatoms. The zero-order valence-electron chi connectivity index (χ0n) is 17.0. The third kappa shape index (κ3) is 4.42. The van der Waals surface area contributed by atoms with Crippen LogP contribution in [0.4, 0.5) is 0 Å². The minimum atomic E-state index is -0.0534. The molecule has 1 aromatic carbocycles. The number of piperidine rings is 1. The van der Waals surface area contributed by atoms with Crippen LogP contribution in [0.25, 0.3) is 0 Å². The zero-order valence-corrected chi connectivity index (χ0v) is 17.0. The van der Waals surface area contributed by atoms with E-state index >= 15 is 0 Å². The van der Waals surface area contributed by atoms with Crippen molar-refractivity contribution in [2.45, 2.75) is 19.3 Å². The number of likely N-dealkylation sites (tertiary alicyclic amines) is 1. The van der Waals surface area contributed by atoms with Crippen LogP contribution >= 0.6 is 0 Å². The van der Waals surface area contributed by atoms with Crippen molar-refractivity contribution in [3.05, 3.63) is 17.7 Å². The first-order chi connectivity index (χ1) is 14.2. The number of carbonyl (C=O) groups excluding carboxylic acids is 2. The lowest BCUT2D eigenvalue weighted by Crippen LogP contribution is -2.52. The van der Waals surface area contributed by atoms with Gasteiger partial charge in [-0.15, -0.1) is 0 Å². The fraction of sp³-hybridized carbons (Fsp3) is 0.619. The number of hydrogen-bond acceptors (Lipinski definition) is 6. The Labute approximate surface area is 171 Å². The van der Waals surface area contributed by atoms with Gasteiger partial charge in [0.15, 0.2) is 11.5 Å². The largest absolute Gasteiger partial charge is 0.493 e. The van der Waals surface area contributed by atoms with Crippen LogP contribution in [0.5, 0.6) is 17.2 Å². The van der Waals surface area contributed by atoms with Gasteiger partial charge in [0.2, 0.25) is 11.7 Å². The van der Waals surface area contributed by atoms with Crippen molar-refractivity contribution in [2.24, 2.45) is 0 Å². The van der Waals surface area contributed by atoms with Crippen LogP contribution in [0.1, 0.15) is 29.6 Å². The van der Waals surface area contributed by atoms with Crippen LogP contribution in [0.15, 0.2) is 12.1 Å². The van der Waals surface area contributed by atoms with E-state index in [0.717, 1.165) is 25.9 Å². The Morgan fingerprint density at radius 2 is 1.66 bits per heavy atom. The fourth-order valence-electron chi connectivity index (χ4n) is 4.12. The monoisotopic (exact) mass is 403 g/mol. The Bertz CT molecular complexity index is 738. The maximum Gasteiger partial charge on any atom is 0.254 e. The molecule has 0 radical (unpaired) electrons. The van der Waals surface area contributed by atoms with Crippen LogP contribution in [0.3, 0.4) is 0 Å². The lowest BCUT2D eigenvalue weighted by molar-refractivity contribution is -0.133. The van der Waals surface area contributed by atoms with E-state index in [4.69, 9.17) is 14.2 Å². The molecule has 3 aliphatic rings. The first kappa shape index (κ1) is 19.8. The summed E-state index contributed by atoms with van der Waals surface area (Å²) >= 11 is 0. The van der Waals surface area contributed by atoms with Gasteiger partial charge >= 0.3 is 0 Å². The van der Waals surface area contributed by atoms with Crippen molar-refractivity contribution >= 4 is 11.8 Å². The molecule has 0 spiro atoms. The molecule has 2 fully saturated rings. The van der Waals surface area contributed by atoms with Gasteiger partial charge < -0.3 is 24.0 Å². The van der Waals surface area contributed by atoms with Gasteiger partial charge in [-0.1, -0.05) is 0 Å². The molecule has 0 N–H and O–H groups in total. The van der Waals surface area contributed by atoms with E-state index in [2.05, 4.69) is 4.90 Å². The molecule has 2 amide bonds. The van der Waals surface area contributed by atoms with Gasteiger partial charge in [0.05, 0.1) is 13.7 Å². The number of piperazine rings is 1. The van der Waals surface area contributed by atoms with E-state index < -0.39 is 0 Å². The van der Waals surface area contributed by atoms with Gasteiger partial charge in [0.25, 0.3) is 5.91 Å². The van der Waals surface area contributed by atoms with Crippen LogP contribution in [-0.2, 0) is 4.79 Å². The highest BCUT2D eigenvalue weighted by molar-refractivity contribution is 5.95. The summed E-state index contributed by atoms with van der Waals surface area (Å²) in [7, 11) is 1.56. The van der Waals surface area contributed by atoms with Gasteiger partial charge in [-0.3, -0.25) is 14.5 Å². The Hall–Kier alpha value is -2.48. The van der Waals surface area contributed by atoms with E-state index in [1.807, 2.05) is 9.80 Å². The molecule has 3 aliphatic heterocycles. The van der Waals surface area contributed by atoms with E-state index in [1.165, 1.54) is 6.42 Å². The molecule has 158 valence electrons. The van der Waals surface area contributed by atoms with Crippen molar-refractivity contribution in [2.75, 3.05) is 66.1 Å². The van der Waals surface area contributed by atoms with Gasteiger partial charge in [-0.25, -0.2) is 0 Å². The molecule has 0 unspecified atom stereocenters. The molecule has 4 rings (SSSR count). The molecule has 8 nitrogen and oxygen atoms in total. The van der Waals surface area contributed by atoms with E-state index in [9.17, 15) is 9.59 Å². The smallest absolute Gasteiger partial charge is 0.254 e. The van der Waals surface area contributed by atoms with Gasteiger partial charge in [-0.05, 0) is 31.4 Å². The Morgan fingerprint density at radius 1 is 0.931 bits per heavy atom. The lowest BCUT2D eigenvalue weighted by atomic mass is 10.1. The molecule has 2 saturated heterocycles. The predicted octanol–water partition coefficient (Wildman–Crippen LogP) is 1.24. The molecule has 0 atom stereocenters. The van der Waals surface area contributed by atoms with Gasteiger partial charge in [0.1, 0.15) is 13.2 Å². The average molecular weight is 403 g/mol. The van der Waals surface area contributed by atoms with E-state index in [0.29, 0.717) is 68.7 Å². The summed E-state index contributed by atoms with van der Waals surface area (Å²) in [6.45, 7) is 5.73. The number of hydrogen-bond donors (Lipinski definition) is 0. The SMILES string of the molecule is COc1cc(C(=O)N2CCN(CC(=O)N3CCCCC3)CC2)cc2c1OCCO2. The van der Waals surface area contributed by atoms with Crippen LogP contribution < -0.4 is 14.2 Å². The molecule has 29 heavy (non-hydrogen) atoms. The summed E-state index contributed by atoms with van der Waals surface area (Å²) in [6, 6.07) is 3.44. The number of amides is 2. The highest BCUT2D eigenvalue weighted by Gasteiger charge is 2.27. The van der Waals surface area contributed by atoms with E-state index in [1.54, 1.807) is 19.2 Å². The second-order valence-electron chi connectivity index (χ2n) is 7.71. The van der Waals surface area contributed by atoms with Gasteiger partial charge in [0, 0.05) is 44.8 Å². The average Bonchev–Trinajstić information content (AvgIpc) is 2.79. The van der Waals surface area contributed by atoms with E-state index in [-0.39, 0.29) is 11.8 Å². The summed E-state index contributed by atoms with van der Waals surface area (Å²) in [5.41, 5.74) is 0.531. The van der Waals surface area contributed by atoms with Crippen molar-refractivity contribution in [3.8, 4) is 17.2 Å². The molecular weight excluding hydrogens is 374 g/mol. The normalized spacial score (nSPS) is 19.8. The highest BCUT2D eigenvalue weighted by Crippen LogP contribution is 2.40. The number of nitrogens with zero attached hydrogens (tertiary/aromatic N) is 3. The minimum absolute atomic E-state index is 0.0534. The number of benzene rings is 1. The van der Waals surface area contributed by atoms with Crippen LogP contribution in [0, 0.1) is 0 Å². The van der Waals surface area contributed by atoms with Crippen molar-refractivity contribution < 1.29 is 23.8 Å². The summed E-state index contributed by atoms with van der Waals surface area (Å²) in [6.07, 6.45) is 3.43. The number of carbonyl (C=O) groups is 2. The zero-order chi connectivity index (χ0) is 20.2. The van der Waals surface area contributed by atoms with Crippen molar-refractivity contribution in [1.29, 1.82) is 0 Å². The fourth-order valence-corrected chi connectivity index (χ4v) is 4.12. The Kier molecular flexibility index (Phi) is 6.08. The molecule has 1 aromatic rings. The van der Waals surface area contributed by atoms with Crippen LogP contribution in [-0.4, -0.2) is 92.7 Å². The predicted molar refractivity (Wildman–Crippen MR) is 107 cm³/mol. The minimum Gasteiger partial charge on any atom is -0.493 e. The summed E-state index contributed by atoms with van der Waals surface area (Å²) in [4.78, 5) is 31.4. The van der Waals surface area contributed by atoms with Crippen molar-refractivity contribution in [1.82, 2.24) is 14.7 Å². The molecular formula is C21H29N3O5. The second-order valence-corrected chi connectivity index (χ2v) is 7.71. The first-order valence-corrected chi connectivity index (χ1v) is 10.4. The molecule has 0 aliphatic carbocycles. The number of methoxy groups -OCH3 is 1. The number of fused-ring (bicyclic) bond motifs is 1. The summed E-state index contributed by atoms with van der Waals surface area (Å²) in [5, 5.41) is 0. The standard InChI is InChI=1S/C21H29N3O5/c1-27-17-13-16(14-18-20(17)29-12-11-28-18)21(26)24-9-7-22(8-10-24)15-19(25)23-5-3-2-4-6-23/h13-14H,2-12,15H2,1H3. The third-order valence-corrected chi connectivity index (χ3v) is 5.80. The lowest BCUT2D eigenvalue weighted by Gasteiger charge is -2.36. The molecule has 0 aromatic heterocycles. The highest BCUT2D eigenvalue weighted by atomic mass is 16.6. The maximum absolute atomic E-state index is 13.0. The number of rotatable bonds is 4. The maximum atomic E-state index is 13.0. The Morgan fingerprint density at radius 3 is 2.38 bits per heavy atom. The second kappa shape index (κ2) is 8.90. The molecule has 0 bridgehead atoms. The summed E-state index contributed by atoms with van der Waals surface area (Å²) < 4.78 is 16.6. The molecule has 0 saturated carbocycles. The van der Waals surface area contributed by atoms with Gasteiger partial charge in [-0.2, -0.15) is 0 Å². The molecule has 3 heterocycles. The number of ether oxygens (including phenoxy) is 3. The topological polar surface area (TPSA) is 71.6 Å². The van der Waals surface area contributed by atoms with Crippen LogP contribution in [0.2, 0.25) is 0 Å². The first-order valence-electron chi connectivity index (χ1n) is 10.4.